The Hall–Kier alpha value is -1.31. The molecular weight excluding hydrogens is 212 g/mol. The maximum atomic E-state index is 10.9. The third kappa shape index (κ3) is 12.6. The van der Waals surface area contributed by atoms with Crippen LogP contribution in [0, 0.1) is 0 Å². The van der Waals surface area contributed by atoms with E-state index in [9.17, 15) is 4.79 Å². The maximum Gasteiger partial charge on any atom is 0.330 e. The number of carbonyl (C=O) groups is 1. The average molecular weight is 236 g/mol. The fraction of sp³-hybridized carbons (Fsp3) is 0.533. The molecule has 2 heteroatoms. The molecular formula is C15H24O2. The van der Waals surface area contributed by atoms with Crippen LogP contribution in [0.2, 0.25) is 0 Å². The fourth-order valence-electron chi connectivity index (χ4n) is 1.32. The first-order chi connectivity index (χ1) is 8.31. The molecule has 0 saturated heterocycles. The van der Waals surface area contributed by atoms with Crippen molar-refractivity contribution in [1.82, 2.24) is 0 Å². The molecule has 0 fully saturated rings. The lowest BCUT2D eigenvalue weighted by Crippen LogP contribution is -1.98. The number of ether oxygens (including phenoxy) is 1. The van der Waals surface area contributed by atoms with E-state index in [2.05, 4.69) is 13.0 Å². The summed E-state index contributed by atoms with van der Waals surface area (Å²) in [4.78, 5) is 10.9. The minimum absolute atomic E-state index is 0.291. The van der Waals surface area contributed by atoms with Crippen LogP contribution in [0.1, 0.15) is 46.0 Å². The van der Waals surface area contributed by atoms with Crippen molar-refractivity contribution in [2.45, 2.75) is 46.0 Å². The van der Waals surface area contributed by atoms with E-state index in [4.69, 9.17) is 4.74 Å². The SMILES string of the molecule is CCCCCC\C=C/C=C/C=C/C(=O)OCC. The molecule has 0 atom stereocenters. The molecule has 0 aromatic rings. The summed E-state index contributed by atoms with van der Waals surface area (Å²) in [6, 6.07) is 0. The predicted molar refractivity (Wildman–Crippen MR) is 72.8 cm³/mol. The van der Waals surface area contributed by atoms with Crippen LogP contribution in [-0.4, -0.2) is 12.6 Å². The summed E-state index contributed by atoms with van der Waals surface area (Å²) in [5.41, 5.74) is 0. The van der Waals surface area contributed by atoms with Gasteiger partial charge in [-0.1, -0.05) is 56.6 Å². The molecule has 0 radical (unpaired) electrons. The molecule has 0 N–H and O–H groups in total. The van der Waals surface area contributed by atoms with Gasteiger partial charge in [0.15, 0.2) is 0 Å². The molecule has 0 unspecified atom stereocenters. The lowest BCUT2D eigenvalue weighted by atomic mass is 10.1. The summed E-state index contributed by atoms with van der Waals surface area (Å²) in [5, 5.41) is 0. The molecule has 0 amide bonds. The van der Waals surface area contributed by atoms with Gasteiger partial charge in [-0.15, -0.1) is 0 Å². The quantitative estimate of drug-likeness (QED) is 0.260. The first-order valence-electron chi connectivity index (χ1n) is 6.47. The number of rotatable bonds is 9. The third-order valence-electron chi connectivity index (χ3n) is 2.21. The van der Waals surface area contributed by atoms with E-state index in [1.807, 2.05) is 18.2 Å². The molecule has 0 saturated carbocycles. The van der Waals surface area contributed by atoms with Crippen LogP contribution in [0.4, 0.5) is 0 Å². The van der Waals surface area contributed by atoms with Gasteiger partial charge in [0.25, 0.3) is 0 Å². The molecule has 0 aliphatic heterocycles. The highest BCUT2D eigenvalue weighted by Crippen LogP contribution is 2.02. The van der Waals surface area contributed by atoms with Crippen molar-refractivity contribution in [3.05, 3.63) is 36.5 Å². The molecule has 0 spiro atoms. The highest BCUT2D eigenvalue weighted by atomic mass is 16.5. The number of allylic oxidation sites excluding steroid dienone is 5. The molecule has 2 nitrogen and oxygen atoms in total. The second-order valence-corrected chi connectivity index (χ2v) is 3.77. The van der Waals surface area contributed by atoms with Crippen molar-refractivity contribution in [3.8, 4) is 0 Å². The monoisotopic (exact) mass is 236 g/mol. The van der Waals surface area contributed by atoms with Crippen molar-refractivity contribution >= 4 is 5.97 Å². The van der Waals surface area contributed by atoms with E-state index < -0.39 is 0 Å². The third-order valence-corrected chi connectivity index (χ3v) is 2.21. The van der Waals surface area contributed by atoms with Crippen LogP contribution in [-0.2, 0) is 9.53 Å². The van der Waals surface area contributed by atoms with Gasteiger partial charge in [-0.05, 0) is 19.8 Å². The minimum atomic E-state index is -0.291. The topological polar surface area (TPSA) is 26.3 Å². The summed E-state index contributed by atoms with van der Waals surface area (Å²) >= 11 is 0. The Kier molecular flexibility index (Phi) is 11.8. The van der Waals surface area contributed by atoms with Gasteiger partial charge in [0.1, 0.15) is 0 Å². The van der Waals surface area contributed by atoms with Crippen LogP contribution in [0.5, 0.6) is 0 Å². The van der Waals surface area contributed by atoms with Crippen molar-refractivity contribution in [3.63, 3.8) is 0 Å². The largest absolute Gasteiger partial charge is 0.463 e. The van der Waals surface area contributed by atoms with E-state index in [-0.39, 0.29) is 5.97 Å². The molecule has 0 aromatic heterocycles. The second-order valence-electron chi connectivity index (χ2n) is 3.77. The maximum absolute atomic E-state index is 10.9. The lowest BCUT2D eigenvalue weighted by molar-refractivity contribution is -0.137. The van der Waals surface area contributed by atoms with Gasteiger partial charge >= 0.3 is 5.97 Å². The first kappa shape index (κ1) is 15.7. The Balaban J connectivity index is 3.52. The van der Waals surface area contributed by atoms with E-state index in [0.717, 1.165) is 6.42 Å². The summed E-state index contributed by atoms with van der Waals surface area (Å²) in [7, 11) is 0. The van der Waals surface area contributed by atoms with Gasteiger partial charge in [-0.25, -0.2) is 4.79 Å². The zero-order valence-corrected chi connectivity index (χ0v) is 11.0. The van der Waals surface area contributed by atoms with Crippen molar-refractivity contribution in [2.24, 2.45) is 0 Å². The van der Waals surface area contributed by atoms with Gasteiger partial charge in [0, 0.05) is 6.08 Å². The van der Waals surface area contributed by atoms with E-state index >= 15 is 0 Å². The van der Waals surface area contributed by atoms with E-state index in [1.165, 1.54) is 31.8 Å². The molecule has 17 heavy (non-hydrogen) atoms. The van der Waals surface area contributed by atoms with Crippen LogP contribution in [0.25, 0.3) is 0 Å². The van der Waals surface area contributed by atoms with Crippen LogP contribution in [0.3, 0.4) is 0 Å². The van der Waals surface area contributed by atoms with Crippen LogP contribution in [0.15, 0.2) is 36.5 Å². The Labute approximate surface area is 105 Å². The van der Waals surface area contributed by atoms with Gasteiger partial charge in [0.05, 0.1) is 6.61 Å². The fourth-order valence-corrected chi connectivity index (χ4v) is 1.32. The van der Waals surface area contributed by atoms with Gasteiger partial charge in [-0.3, -0.25) is 0 Å². The summed E-state index contributed by atoms with van der Waals surface area (Å²) < 4.78 is 4.75. The second kappa shape index (κ2) is 12.8. The minimum Gasteiger partial charge on any atom is -0.463 e. The number of unbranched alkanes of at least 4 members (excludes halogenated alkanes) is 4. The van der Waals surface area contributed by atoms with Crippen LogP contribution < -0.4 is 0 Å². The zero-order chi connectivity index (χ0) is 12.8. The Morgan fingerprint density at radius 2 is 1.76 bits per heavy atom. The normalized spacial score (nSPS) is 11.9. The molecule has 0 aromatic carbocycles. The predicted octanol–water partition coefficient (Wildman–Crippen LogP) is 4.19. The van der Waals surface area contributed by atoms with E-state index in [1.54, 1.807) is 13.0 Å². The van der Waals surface area contributed by atoms with Gasteiger partial charge in [-0.2, -0.15) is 0 Å². The lowest BCUT2D eigenvalue weighted by Gasteiger charge is -1.93. The standard InChI is InChI=1S/C15H24O2/c1-3-5-6-7-8-9-10-11-12-13-14-15(16)17-4-2/h9-14H,3-8H2,1-2H3/b10-9-,12-11+,14-13+. The Bertz CT molecular complexity index is 262. The summed E-state index contributed by atoms with van der Waals surface area (Å²) in [6.45, 7) is 4.43. The number of hydrogen-bond donors (Lipinski definition) is 0. The average Bonchev–Trinajstić information content (AvgIpc) is 2.32. The Morgan fingerprint density at radius 3 is 2.47 bits per heavy atom. The molecule has 0 aliphatic rings. The molecule has 96 valence electrons. The van der Waals surface area contributed by atoms with Gasteiger partial charge < -0.3 is 4.74 Å². The summed E-state index contributed by atoms with van der Waals surface area (Å²) in [5.74, 6) is -0.291. The summed E-state index contributed by atoms with van der Waals surface area (Å²) in [6.07, 6.45) is 17.4. The molecule has 0 aliphatic carbocycles. The smallest absolute Gasteiger partial charge is 0.330 e. The zero-order valence-electron chi connectivity index (χ0n) is 11.0. The van der Waals surface area contributed by atoms with Crippen molar-refractivity contribution in [1.29, 1.82) is 0 Å². The van der Waals surface area contributed by atoms with Crippen molar-refractivity contribution < 1.29 is 9.53 Å². The number of hydrogen-bond acceptors (Lipinski definition) is 2. The number of esters is 1. The highest BCUT2D eigenvalue weighted by molar-refractivity contribution is 5.82. The molecule has 0 heterocycles. The van der Waals surface area contributed by atoms with Gasteiger partial charge in [0.2, 0.25) is 0 Å². The van der Waals surface area contributed by atoms with Crippen LogP contribution >= 0.6 is 0 Å². The first-order valence-corrected chi connectivity index (χ1v) is 6.47. The van der Waals surface area contributed by atoms with Crippen molar-refractivity contribution in [2.75, 3.05) is 6.61 Å². The Morgan fingerprint density at radius 1 is 1.00 bits per heavy atom. The van der Waals surface area contributed by atoms with E-state index in [0.29, 0.717) is 6.61 Å². The molecule has 0 bridgehead atoms. The highest BCUT2D eigenvalue weighted by Gasteiger charge is 1.89. The number of carbonyl (C=O) groups excluding carboxylic acids is 1. The molecule has 0 rings (SSSR count).